The maximum Gasteiger partial charge on any atom is 0.339 e. The number of aromatic nitrogens is 2. The van der Waals surface area contributed by atoms with Gasteiger partial charge in [-0.1, -0.05) is 0 Å². The fraction of sp³-hybridized carbons (Fsp3) is 0.391. The van der Waals surface area contributed by atoms with Gasteiger partial charge in [0.15, 0.2) is 0 Å². The number of halogens is 2. The van der Waals surface area contributed by atoms with E-state index in [0.29, 0.717) is 31.9 Å². The van der Waals surface area contributed by atoms with E-state index < -0.39 is 12.4 Å². The van der Waals surface area contributed by atoms with Crippen LogP contribution in [0.25, 0.3) is 10.9 Å². The Bertz CT molecular complexity index is 1170. The second-order valence-electron chi connectivity index (χ2n) is 8.25. The lowest BCUT2D eigenvalue weighted by molar-refractivity contribution is 0.0233. The molecule has 1 fully saturated rings. The maximum atomic E-state index is 13.1. The van der Waals surface area contributed by atoms with Crippen molar-refractivity contribution in [3.8, 4) is 5.75 Å². The molecule has 4 rings (SSSR count). The molecule has 1 aromatic carbocycles. The Morgan fingerprint density at radius 1 is 1.36 bits per heavy atom. The zero-order valence-electron chi connectivity index (χ0n) is 18.5. The Morgan fingerprint density at radius 3 is 2.82 bits per heavy atom. The number of nitrogen functional groups attached to an aromatic ring is 1. The largest absolute Gasteiger partial charge is 0.496 e. The molecular weight excluding hydrogens is 432 g/mol. The average molecular weight is 459 g/mol. The molecule has 1 aliphatic rings. The summed E-state index contributed by atoms with van der Waals surface area (Å²) in [7, 11) is 1.63. The van der Waals surface area contributed by atoms with Crippen molar-refractivity contribution >= 4 is 22.7 Å². The summed E-state index contributed by atoms with van der Waals surface area (Å²) in [6, 6.07) is 6.67. The molecule has 4 N–H and O–H groups in total. The van der Waals surface area contributed by atoms with Gasteiger partial charge in [-0.3, -0.25) is 9.80 Å². The molecule has 176 valence electrons. The van der Waals surface area contributed by atoms with Crippen molar-refractivity contribution in [3.05, 3.63) is 52.8 Å². The van der Waals surface area contributed by atoms with Gasteiger partial charge in [-0.25, -0.2) is 18.6 Å². The van der Waals surface area contributed by atoms with E-state index in [1.807, 2.05) is 25.3 Å². The van der Waals surface area contributed by atoms with Gasteiger partial charge in [-0.05, 0) is 36.8 Å². The number of hydrogen-bond donors (Lipinski definition) is 3. The zero-order chi connectivity index (χ0) is 23.7. The molecule has 33 heavy (non-hydrogen) atoms. The molecule has 2 aromatic heterocycles. The van der Waals surface area contributed by atoms with E-state index in [4.69, 9.17) is 10.5 Å². The number of benzene rings is 1. The first kappa shape index (κ1) is 22.9. The number of carboxylic acid groups (broad SMARTS) is 1. The molecule has 0 saturated carbocycles. The van der Waals surface area contributed by atoms with Crippen LogP contribution >= 0.6 is 0 Å². The van der Waals surface area contributed by atoms with E-state index >= 15 is 0 Å². The molecule has 1 atom stereocenters. The summed E-state index contributed by atoms with van der Waals surface area (Å²) in [5, 5.41) is 10.3. The lowest BCUT2D eigenvalue weighted by atomic mass is 10.0. The van der Waals surface area contributed by atoms with Crippen LogP contribution in [0, 0.1) is 6.92 Å². The van der Waals surface area contributed by atoms with Gasteiger partial charge in [0, 0.05) is 48.8 Å². The van der Waals surface area contributed by atoms with Crippen molar-refractivity contribution < 1.29 is 23.4 Å². The van der Waals surface area contributed by atoms with Crippen LogP contribution in [0.1, 0.15) is 33.2 Å². The Labute approximate surface area is 190 Å². The molecule has 0 radical (unpaired) electrons. The first-order chi connectivity index (χ1) is 15.8. The monoisotopic (exact) mass is 459 g/mol. The number of nitrogens with zero attached hydrogens (tertiary/aromatic N) is 3. The standard InChI is InChI=1S/C23H27F2N5O3/c1-13-9-19(33-2)16(14-5-6-27-21(13)14)10-30-8-7-29(12-20(24)25)11-18(30)17-4-3-15(23(31)32)22(26)28-17/h3-6,9,18,20,27H,7-8,10-12H2,1-2H3,(H2,26,28)(H,31,32)/t18-/m0/s1. The molecule has 1 aliphatic heterocycles. The molecule has 0 aliphatic carbocycles. The fourth-order valence-electron chi connectivity index (χ4n) is 4.55. The van der Waals surface area contributed by atoms with Crippen LogP contribution in [0.15, 0.2) is 30.5 Å². The maximum absolute atomic E-state index is 13.1. The molecule has 10 heteroatoms. The average Bonchev–Trinajstić information content (AvgIpc) is 3.26. The van der Waals surface area contributed by atoms with Gasteiger partial charge in [-0.2, -0.15) is 0 Å². The van der Waals surface area contributed by atoms with Gasteiger partial charge in [0.1, 0.15) is 17.1 Å². The molecule has 3 aromatic rings. The minimum atomic E-state index is -2.44. The van der Waals surface area contributed by atoms with E-state index in [9.17, 15) is 18.7 Å². The summed E-state index contributed by atoms with van der Waals surface area (Å²) >= 11 is 0. The van der Waals surface area contributed by atoms with Crippen LogP contribution in [0.5, 0.6) is 5.75 Å². The molecular formula is C23H27F2N5O3. The highest BCUT2D eigenvalue weighted by Gasteiger charge is 2.32. The van der Waals surface area contributed by atoms with Gasteiger partial charge in [0.2, 0.25) is 0 Å². The van der Waals surface area contributed by atoms with Crippen molar-refractivity contribution in [3.63, 3.8) is 0 Å². The summed E-state index contributed by atoms with van der Waals surface area (Å²) in [6.07, 6.45) is -0.563. The number of piperazine rings is 1. The summed E-state index contributed by atoms with van der Waals surface area (Å²) < 4.78 is 31.9. The lowest BCUT2D eigenvalue weighted by Gasteiger charge is -2.41. The van der Waals surface area contributed by atoms with Gasteiger partial charge in [0.05, 0.1) is 25.4 Å². The number of carboxylic acids is 1. The summed E-state index contributed by atoms with van der Waals surface area (Å²) in [4.78, 5) is 22.8. The van der Waals surface area contributed by atoms with E-state index in [0.717, 1.165) is 27.8 Å². The first-order valence-electron chi connectivity index (χ1n) is 10.7. The van der Waals surface area contributed by atoms with Crippen molar-refractivity contribution in [2.24, 2.45) is 0 Å². The van der Waals surface area contributed by atoms with Crippen LogP contribution in [0.4, 0.5) is 14.6 Å². The highest BCUT2D eigenvalue weighted by Crippen LogP contribution is 2.35. The molecule has 3 heterocycles. The predicted molar refractivity (Wildman–Crippen MR) is 121 cm³/mol. The van der Waals surface area contributed by atoms with Crippen LogP contribution < -0.4 is 10.5 Å². The highest BCUT2D eigenvalue weighted by molar-refractivity contribution is 5.92. The Balaban J connectivity index is 1.71. The topological polar surface area (TPSA) is 108 Å². The number of aryl methyl sites for hydroxylation is 1. The summed E-state index contributed by atoms with van der Waals surface area (Å²) in [5.74, 6) is -0.500. The lowest BCUT2D eigenvalue weighted by Crippen LogP contribution is -2.49. The van der Waals surface area contributed by atoms with Gasteiger partial charge >= 0.3 is 5.97 Å². The van der Waals surface area contributed by atoms with Crippen LogP contribution in [0.2, 0.25) is 0 Å². The number of ether oxygens (including phenoxy) is 1. The molecule has 0 unspecified atom stereocenters. The number of anilines is 1. The van der Waals surface area contributed by atoms with Gasteiger partial charge in [0.25, 0.3) is 6.43 Å². The number of H-pyrrole nitrogens is 1. The van der Waals surface area contributed by atoms with Crippen LogP contribution in [0.3, 0.4) is 0 Å². The van der Waals surface area contributed by atoms with Gasteiger partial charge in [-0.15, -0.1) is 0 Å². The van der Waals surface area contributed by atoms with E-state index in [1.165, 1.54) is 6.07 Å². The number of alkyl halides is 2. The minimum Gasteiger partial charge on any atom is -0.496 e. The molecule has 1 saturated heterocycles. The number of fused-ring (bicyclic) bond motifs is 1. The van der Waals surface area contributed by atoms with Crippen molar-refractivity contribution in [2.75, 3.05) is 39.0 Å². The van der Waals surface area contributed by atoms with E-state index in [2.05, 4.69) is 14.9 Å². The normalized spacial score (nSPS) is 17.7. The SMILES string of the molecule is COc1cc(C)c2[nH]ccc2c1CN1CCN(CC(F)F)C[C@H]1c1ccc(C(=O)O)c(N)n1. The summed E-state index contributed by atoms with van der Waals surface area (Å²) in [6.45, 7) is 3.52. The third-order valence-electron chi connectivity index (χ3n) is 6.18. The smallest absolute Gasteiger partial charge is 0.339 e. The number of aromatic carboxylic acids is 1. The molecule has 0 amide bonds. The minimum absolute atomic E-state index is 0.0835. The number of carbonyl (C=O) groups is 1. The number of rotatable bonds is 7. The highest BCUT2D eigenvalue weighted by atomic mass is 19.3. The third kappa shape index (κ3) is 4.62. The third-order valence-corrected chi connectivity index (χ3v) is 6.18. The summed E-state index contributed by atoms with van der Waals surface area (Å²) in [5.41, 5.74) is 9.43. The van der Waals surface area contributed by atoms with Crippen LogP contribution in [-0.2, 0) is 6.54 Å². The van der Waals surface area contributed by atoms with Gasteiger partial charge < -0.3 is 20.6 Å². The predicted octanol–water partition coefficient (Wildman–Crippen LogP) is 3.28. The number of pyridine rings is 1. The number of nitrogens with one attached hydrogen (secondary N) is 1. The Kier molecular flexibility index (Phi) is 6.48. The first-order valence-corrected chi connectivity index (χ1v) is 10.7. The van der Waals surface area contributed by atoms with Crippen molar-refractivity contribution in [1.82, 2.24) is 19.8 Å². The van der Waals surface area contributed by atoms with E-state index in [-0.39, 0.29) is 24.0 Å². The van der Waals surface area contributed by atoms with Crippen molar-refractivity contribution in [1.29, 1.82) is 0 Å². The van der Waals surface area contributed by atoms with Crippen LogP contribution in [-0.4, -0.2) is 70.6 Å². The number of methoxy groups -OCH3 is 1. The quantitative estimate of drug-likeness (QED) is 0.498. The van der Waals surface area contributed by atoms with E-state index in [1.54, 1.807) is 18.1 Å². The number of aromatic amines is 1. The molecule has 8 nitrogen and oxygen atoms in total. The number of nitrogens with two attached hydrogens (primary N) is 1. The van der Waals surface area contributed by atoms with Crippen molar-refractivity contribution in [2.45, 2.75) is 25.9 Å². The fourth-order valence-corrected chi connectivity index (χ4v) is 4.55. The Morgan fingerprint density at radius 2 is 2.15 bits per heavy atom. The second-order valence-corrected chi connectivity index (χ2v) is 8.25. The zero-order valence-corrected chi connectivity index (χ0v) is 18.5. The molecule has 0 bridgehead atoms. The second kappa shape index (κ2) is 9.32. The Hall–Kier alpha value is -3.24. The number of hydrogen-bond acceptors (Lipinski definition) is 6. The molecule has 0 spiro atoms.